The van der Waals surface area contributed by atoms with Crippen LogP contribution >= 0.6 is 0 Å². The van der Waals surface area contributed by atoms with Crippen molar-refractivity contribution >= 4 is 6.01 Å². The fraction of sp³-hybridized carbons (Fsp3) is 0.846. The standard InChI is InChI=1S/C13H24N4O/c1-13(2,3)14-8-11-15-16-12(18-11)17(4)9-10-6-5-7-10/h10,14H,5-9H2,1-4H3. The van der Waals surface area contributed by atoms with Crippen LogP contribution in [0.4, 0.5) is 6.01 Å². The first kappa shape index (κ1) is 13.3. The maximum absolute atomic E-state index is 5.65. The molecule has 0 aromatic carbocycles. The zero-order valence-electron chi connectivity index (χ0n) is 11.9. The van der Waals surface area contributed by atoms with Crippen molar-refractivity contribution in [3.05, 3.63) is 5.89 Å². The van der Waals surface area contributed by atoms with Crippen LogP contribution in [-0.4, -0.2) is 29.3 Å². The topological polar surface area (TPSA) is 54.2 Å². The number of nitrogens with one attached hydrogen (secondary N) is 1. The van der Waals surface area contributed by atoms with Gasteiger partial charge in [-0.15, -0.1) is 5.10 Å². The lowest BCUT2D eigenvalue weighted by molar-refractivity contribution is 0.315. The summed E-state index contributed by atoms with van der Waals surface area (Å²) in [6.45, 7) is 8.00. The summed E-state index contributed by atoms with van der Waals surface area (Å²) in [6, 6.07) is 0.632. The Morgan fingerprint density at radius 2 is 2.06 bits per heavy atom. The van der Waals surface area contributed by atoms with Gasteiger partial charge in [-0.05, 0) is 39.5 Å². The summed E-state index contributed by atoms with van der Waals surface area (Å²) in [5, 5.41) is 11.5. The average Bonchev–Trinajstić information content (AvgIpc) is 2.68. The third-order valence-electron chi connectivity index (χ3n) is 3.31. The highest BCUT2D eigenvalue weighted by Gasteiger charge is 2.21. The minimum Gasteiger partial charge on any atom is -0.407 e. The minimum absolute atomic E-state index is 0.0620. The van der Waals surface area contributed by atoms with Crippen LogP contribution in [0.2, 0.25) is 0 Å². The van der Waals surface area contributed by atoms with Gasteiger partial charge in [0.1, 0.15) is 0 Å². The van der Waals surface area contributed by atoms with Crippen molar-refractivity contribution in [3.63, 3.8) is 0 Å². The van der Waals surface area contributed by atoms with E-state index < -0.39 is 0 Å². The van der Waals surface area contributed by atoms with Gasteiger partial charge >= 0.3 is 6.01 Å². The van der Waals surface area contributed by atoms with E-state index in [0.29, 0.717) is 18.5 Å². The first-order valence-corrected chi connectivity index (χ1v) is 6.72. The Kier molecular flexibility index (Phi) is 3.90. The summed E-state index contributed by atoms with van der Waals surface area (Å²) in [6.07, 6.45) is 4.02. The molecule has 5 nitrogen and oxygen atoms in total. The largest absolute Gasteiger partial charge is 0.407 e. The summed E-state index contributed by atoms with van der Waals surface area (Å²) in [4.78, 5) is 2.07. The molecule has 1 aliphatic carbocycles. The van der Waals surface area contributed by atoms with Gasteiger partial charge in [0.25, 0.3) is 0 Å². The van der Waals surface area contributed by atoms with Crippen LogP contribution in [0.5, 0.6) is 0 Å². The number of nitrogens with zero attached hydrogens (tertiary/aromatic N) is 3. The molecule has 0 atom stereocenters. The first-order chi connectivity index (χ1) is 8.44. The van der Waals surface area contributed by atoms with Crippen molar-refractivity contribution in [2.24, 2.45) is 5.92 Å². The molecule has 1 fully saturated rings. The molecule has 0 saturated heterocycles. The summed E-state index contributed by atoms with van der Waals surface area (Å²) in [5.74, 6) is 1.46. The maximum atomic E-state index is 5.65. The number of aromatic nitrogens is 2. The lowest BCUT2D eigenvalue weighted by Crippen LogP contribution is -2.35. The van der Waals surface area contributed by atoms with Crippen LogP contribution in [0.1, 0.15) is 45.9 Å². The molecule has 2 rings (SSSR count). The molecular formula is C13H24N4O. The Morgan fingerprint density at radius 3 is 2.61 bits per heavy atom. The molecule has 1 N–H and O–H groups in total. The number of hydrogen-bond acceptors (Lipinski definition) is 5. The Hall–Kier alpha value is -1.10. The van der Waals surface area contributed by atoms with Crippen molar-refractivity contribution in [1.82, 2.24) is 15.5 Å². The van der Waals surface area contributed by atoms with Gasteiger partial charge < -0.3 is 14.6 Å². The van der Waals surface area contributed by atoms with Crippen LogP contribution in [0.15, 0.2) is 4.42 Å². The van der Waals surface area contributed by atoms with Crippen molar-refractivity contribution in [2.75, 3.05) is 18.5 Å². The fourth-order valence-electron chi connectivity index (χ4n) is 1.95. The smallest absolute Gasteiger partial charge is 0.317 e. The highest BCUT2D eigenvalue weighted by Crippen LogP contribution is 2.27. The average molecular weight is 252 g/mol. The van der Waals surface area contributed by atoms with E-state index in [4.69, 9.17) is 4.42 Å². The Balaban J connectivity index is 1.84. The van der Waals surface area contributed by atoms with E-state index in [1.165, 1.54) is 19.3 Å². The molecule has 0 spiro atoms. The zero-order chi connectivity index (χ0) is 13.2. The van der Waals surface area contributed by atoms with E-state index in [9.17, 15) is 0 Å². The molecule has 102 valence electrons. The second-order valence-electron chi connectivity index (χ2n) is 6.26. The van der Waals surface area contributed by atoms with Gasteiger partial charge in [0.2, 0.25) is 5.89 Å². The second-order valence-corrected chi connectivity index (χ2v) is 6.26. The molecule has 0 aliphatic heterocycles. The highest BCUT2D eigenvalue weighted by molar-refractivity contribution is 5.22. The SMILES string of the molecule is CN(CC1CCC1)c1nnc(CNC(C)(C)C)o1. The predicted molar refractivity (Wildman–Crippen MR) is 71.5 cm³/mol. The molecule has 0 unspecified atom stereocenters. The number of hydrogen-bond donors (Lipinski definition) is 1. The third-order valence-corrected chi connectivity index (χ3v) is 3.31. The van der Waals surface area contributed by atoms with Crippen molar-refractivity contribution < 1.29 is 4.42 Å². The zero-order valence-corrected chi connectivity index (χ0v) is 11.9. The van der Waals surface area contributed by atoms with E-state index in [-0.39, 0.29) is 5.54 Å². The normalized spacial score (nSPS) is 16.7. The number of rotatable bonds is 5. The summed E-state index contributed by atoms with van der Waals surface area (Å²) >= 11 is 0. The molecule has 1 aromatic heterocycles. The van der Waals surface area contributed by atoms with E-state index in [2.05, 4.69) is 41.2 Å². The van der Waals surface area contributed by atoms with E-state index >= 15 is 0 Å². The van der Waals surface area contributed by atoms with Crippen molar-refractivity contribution in [2.45, 2.75) is 52.1 Å². The lowest BCUT2D eigenvalue weighted by Gasteiger charge is -2.29. The first-order valence-electron chi connectivity index (χ1n) is 6.72. The molecule has 1 aromatic rings. The third kappa shape index (κ3) is 3.70. The summed E-state index contributed by atoms with van der Waals surface area (Å²) in [5.41, 5.74) is 0.0620. The van der Waals surface area contributed by atoms with Crippen molar-refractivity contribution in [1.29, 1.82) is 0 Å². The molecule has 0 bridgehead atoms. The monoisotopic (exact) mass is 252 g/mol. The second kappa shape index (κ2) is 5.26. The summed E-state index contributed by atoms with van der Waals surface area (Å²) in [7, 11) is 2.02. The van der Waals surface area contributed by atoms with Gasteiger partial charge in [-0.25, -0.2) is 0 Å². The Bertz CT molecular complexity index is 379. The fourth-order valence-corrected chi connectivity index (χ4v) is 1.95. The highest BCUT2D eigenvalue weighted by atomic mass is 16.4. The Morgan fingerprint density at radius 1 is 1.33 bits per heavy atom. The van der Waals surface area contributed by atoms with Gasteiger partial charge in [-0.2, -0.15) is 0 Å². The van der Waals surface area contributed by atoms with Gasteiger partial charge in [0, 0.05) is 19.1 Å². The van der Waals surface area contributed by atoms with Crippen LogP contribution in [0, 0.1) is 5.92 Å². The molecule has 5 heteroatoms. The van der Waals surface area contributed by atoms with E-state index in [1.807, 2.05) is 7.05 Å². The van der Waals surface area contributed by atoms with E-state index in [1.54, 1.807) is 0 Å². The predicted octanol–water partition coefficient (Wildman–Crippen LogP) is 2.19. The van der Waals surface area contributed by atoms with Gasteiger partial charge in [0.15, 0.2) is 0 Å². The molecule has 1 saturated carbocycles. The summed E-state index contributed by atoms with van der Waals surface area (Å²) < 4.78 is 5.65. The quantitative estimate of drug-likeness (QED) is 0.870. The maximum Gasteiger partial charge on any atom is 0.317 e. The van der Waals surface area contributed by atoms with Crippen LogP contribution in [0.3, 0.4) is 0 Å². The Labute approximate surface area is 109 Å². The molecule has 0 radical (unpaired) electrons. The molecule has 1 aliphatic rings. The molecular weight excluding hydrogens is 228 g/mol. The van der Waals surface area contributed by atoms with Gasteiger partial charge in [-0.1, -0.05) is 11.5 Å². The van der Waals surface area contributed by atoms with E-state index in [0.717, 1.165) is 12.5 Å². The molecule has 1 heterocycles. The minimum atomic E-state index is 0.0620. The van der Waals surface area contributed by atoms with Crippen LogP contribution in [0.25, 0.3) is 0 Å². The molecule has 18 heavy (non-hydrogen) atoms. The van der Waals surface area contributed by atoms with Gasteiger partial charge in [0.05, 0.1) is 6.54 Å². The van der Waals surface area contributed by atoms with Crippen LogP contribution in [-0.2, 0) is 6.54 Å². The van der Waals surface area contributed by atoms with Crippen molar-refractivity contribution in [3.8, 4) is 0 Å². The lowest BCUT2D eigenvalue weighted by atomic mass is 9.85. The van der Waals surface area contributed by atoms with Crippen LogP contribution < -0.4 is 10.2 Å². The van der Waals surface area contributed by atoms with Gasteiger partial charge in [-0.3, -0.25) is 0 Å². The molecule has 0 amide bonds. The number of anilines is 1.